The molecule has 1 nitrogen and oxygen atoms in total. The van der Waals surface area contributed by atoms with E-state index < -0.39 is 17.8 Å². The summed E-state index contributed by atoms with van der Waals surface area (Å²) < 4.78 is 40.4. The van der Waals surface area contributed by atoms with Crippen molar-refractivity contribution < 1.29 is 13.2 Å². The fraction of sp³-hybridized carbons (Fsp3) is 0.263. The summed E-state index contributed by atoms with van der Waals surface area (Å²) in [7, 11) is 0. The van der Waals surface area contributed by atoms with E-state index in [0.29, 0.717) is 5.02 Å². The first kappa shape index (κ1) is 15.6. The van der Waals surface area contributed by atoms with Crippen LogP contribution in [0.4, 0.5) is 18.9 Å². The fourth-order valence-electron chi connectivity index (χ4n) is 3.92. The molecule has 0 aromatic heterocycles. The minimum absolute atomic E-state index is 0.0551. The van der Waals surface area contributed by atoms with Gasteiger partial charge in [0.05, 0.1) is 22.3 Å². The quantitative estimate of drug-likeness (QED) is 0.606. The average Bonchev–Trinajstić information content (AvgIpc) is 3.04. The van der Waals surface area contributed by atoms with Gasteiger partial charge in [-0.3, -0.25) is 0 Å². The van der Waals surface area contributed by atoms with Crippen LogP contribution >= 0.6 is 11.6 Å². The lowest BCUT2D eigenvalue weighted by Gasteiger charge is -2.38. The number of allylic oxidation sites excluding steroid dienone is 2. The molecule has 4 rings (SSSR count). The minimum Gasteiger partial charge on any atom is -0.376 e. The maximum Gasteiger partial charge on any atom is 0.416 e. The van der Waals surface area contributed by atoms with E-state index in [0.717, 1.165) is 23.7 Å². The summed E-state index contributed by atoms with van der Waals surface area (Å²) in [5, 5.41) is 3.84. The second kappa shape index (κ2) is 5.55. The highest BCUT2D eigenvalue weighted by Gasteiger charge is 2.42. The van der Waals surface area contributed by atoms with Gasteiger partial charge in [-0.25, -0.2) is 0 Å². The van der Waals surface area contributed by atoms with Gasteiger partial charge in [-0.15, -0.1) is 0 Å². The van der Waals surface area contributed by atoms with Crippen molar-refractivity contribution in [2.45, 2.75) is 24.6 Å². The molecule has 1 aliphatic heterocycles. The zero-order chi connectivity index (χ0) is 16.9. The van der Waals surface area contributed by atoms with Gasteiger partial charge in [0.15, 0.2) is 0 Å². The van der Waals surface area contributed by atoms with E-state index in [2.05, 4.69) is 17.5 Å². The maximum atomic E-state index is 13.5. The largest absolute Gasteiger partial charge is 0.416 e. The molecule has 2 aliphatic rings. The van der Waals surface area contributed by atoms with Crippen molar-refractivity contribution in [2.24, 2.45) is 5.92 Å². The molecule has 0 amide bonds. The summed E-state index contributed by atoms with van der Waals surface area (Å²) >= 11 is 6.31. The smallest absolute Gasteiger partial charge is 0.376 e. The van der Waals surface area contributed by atoms with E-state index in [9.17, 15) is 13.2 Å². The third-order valence-corrected chi connectivity index (χ3v) is 5.26. The lowest BCUT2D eigenvalue weighted by Crippen LogP contribution is -2.30. The summed E-state index contributed by atoms with van der Waals surface area (Å²) in [6, 6.07) is 11.0. The number of halogens is 4. The SMILES string of the molecule is FC(F)(F)c1ccccc1[C@@H]1Nc2c(Cl)cccc2[C@@H]2C=CC[C@@H]21. The van der Waals surface area contributed by atoms with Crippen LogP contribution < -0.4 is 5.32 Å². The summed E-state index contributed by atoms with van der Waals surface area (Å²) in [6.45, 7) is 0. The Labute approximate surface area is 143 Å². The Hall–Kier alpha value is -1.94. The number of benzene rings is 2. The Kier molecular flexibility index (Phi) is 3.61. The highest BCUT2D eigenvalue weighted by molar-refractivity contribution is 6.33. The van der Waals surface area contributed by atoms with E-state index in [1.807, 2.05) is 12.1 Å². The molecule has 5 heteroatoms. The van der Waals surface area contributed by atoms with Crippen molar-refractivity contribution in [2.75, 3.05) is 5.32 Å². The number of alkyl halides is 3. The first-order valence-corrected chi connectivity index (χ1v) is 8.22. The third-order valence-electron chi connectivity index (χ3n) is 4.95. The molecular weight excluding hydrogens is 335 g/mol. The highest BCUT2D eigenvalue weighted by Crippen LogP contribution is 2.52. The predicted molar refractivity (Wildman–Crippen MR) is 89.2 cm³/mol. The fourth-order valence-corrected chi connectivity index (χ4v) is 4.15. The monoisotopic (exact) mass is 349 g/mol. The van der Waals surface area contributed by atoms with Gasteiger partial charge in [-0.2, -0.15) is 13.2 Å². The van der Waals surface area contributed by atoms with Gasteiger partial charge in [0.25, 0.3) is 0 Å². The molecule has 1 heterocycles. The van der Waals surface area contributed by atoms with Crippen LogP contribution in [-0.2, 0) is 6.18 Å². The predicted octanol–water partition coefficient (Wildman–Crippen LogP) is 6.19. The molecule has 3 atom stereocenters. The second-order valence-electron chi connectivity index (χ2n) is 6.26. The molecule has 1 N–H and O–H groups in total. The number of fused-ring (bicyclic) bond motifs is 3. The molecule has 0 radical (unpaired) electrons. The Bertz CT molecular complexity index is 812. The molecule has 1 aliphatic carbocycles. The first-order valence-electron chi connectivity index (χ1n) is 7.84. The van der Waals surface area contributed by atoms with Gasteiger partial charge in [0.1, 0.15) is 0 Å². The van der Waals surface area contributed by atoms with Crippen LogP contribution in [0.1, 0.15) is 35.1 Å². The molecule has 0 saturated carbocycles. The van der Waals surface area contributed by atoms with Crippen molar-refractivity contribution in [3.63, 3.8) is 0 Å². The molecule has 0 bridgehead atoms. The van der Waals surface area contributed by atoms with E-state index in [-0.39, 0.29) is 17.4 Å². The Morgan fingerprint density at radius 1 is 1.00 bits per heavy atom. The number of nitrogens with one attached hydrogen (secondary N) is 1. The zero-order valence-electron chi connectivity index (χ0n) is 12.6. The molecule has 24 heavy (non-hydrogen) atoms. The second-order valence-corrected chi connectivity index (χ2v) is 6.67. The van der Waals surface area contributed by atoms with E-state index in [1.165, 1.54) is 6.07 Å². The normalized spacial score (nSPS) is 25.1. The van der Waals surface area contributed by atoms with Gasteiger partial charge in [0, 0.05) is 5.92 Å². The maximum absolute atomic E-state index is 13.5. The number of para-hydroxylation sites is 1. The van der Waals surface area contributed by atoms with Gasteiger partial charge in [0.2, 0.25) is 0 Å². The van der Waals surface area contributed by atoms with Crippen LogP contribution in [0, 0.1) is 5.92 Å². The topological polar surface area (TPSA) is 12.0 Å². The van der Waals surface area contributed by atoms with Crippen LogP contribution in [0.5, 0.6) is 0 Å². The standard InChI is InChI=1S/C19H15ClF3N/c20-16-10-4-8-13-11-6-3-7-12(11)17(24-18(13)16)14-5-1-2-9-15(14)19(21,22)23/h1-6,8-12,17,24H,7H2/t11-,12+,17-/m1/s1. The summed E-state index contributed by atoms with van der Waals surface area (Å²) in [5.41, 5.74) is 1.51. The minimum atomic E-state index is -4.37. The van der Waals surface area contributed by atoms with Crippen LogP contribution in [-0.4, -0.2) is 0 Å². The first-order chi connectivity index (χ1) is 11.5. The molecule has 0 spiro atoms. The summed E-state index contributed by atoms with van der Waals surface area (Å²) in [5.74, 6) is 0.144. The Morgan fingerprint density at radius 3 is 2.54 bits per heavy atom. The molecule has 0 fully saturated rings. The highest BCUT2D eigenvalue weighted by atomic mass is 35.5. The van der Waals surface area contributed by atoms with E-state index in [1.54, 1.807) is 18.2 Å². The Morgan fingerprint density at radius 2 is 1.75 bits per heavy atom. The summed E-state index contributed by atoms with van der Waals surface area (Å²) in [6.07, 6.45) is 0.515. The van der Waals surface area contributed by atoms with Crippen LogP contribution in [0.3, 0.4) is 0 Å². The van der Waals surface area contributed by atoms with Gasteiger partial charge in [-0.1, -0.05) is 54.1 Å². The van der Waals surface area contributed by atoms with Gasteiger partial charge >= 0.3 is 6.18 Å². The summed E-state index contributed by atoms with van der Waals surface area (Å²) in [4.78, 5) is 0. The van der Waals surface area contributed by atoms with Crippen molar-refractivity contribution in [1.82, 2.24) is 0 Å². The molecular formula is C19H15ClF3N. The van der Waals surface area contributed by atoms with Crippen LogP contribution in [0.2, 0.25) is 5.02 Å². The van der Waals surface area contributed by atoms with Gasteiger partial charge < -0.3 is 5.32 Å². The number of hydrogen-bond acceptors (Lipinski definition) is 1. The molecule has 0 unspecified atom stereocenters. The van der Waals surface area contributed by atoms with Crippen molar-refractivity contribution >= 4 is 17.3 Å². The van der Waals surface area contributed by atoms with Crippen molar-refractivity contribution in [3.05, 3.63) is 76.3 Å². The lowest BCUT2D eigenvalue weighted by molar-refractivity contribution is -0.138. The van der Waals surface area contributed by atoms with Crippen molar-refractivity contribution in [3.8, 4) is 0 Å². The molecule has 124 valence electrons. The molecule has 0 saturated heterocycles. The van der Waals surface area contributed by atoms with Gasteiger partial charge in [-0.05, 0) is 35.6 Å². The lowest BCUT2D eigenvalue weighted by atomic mass is 9.76. The third kappa shape index (κ3) is 2.40. The Balaban J connectivity index is 1.85. The number of rotatable bonds is 1. The average molecular weight is 350 g/mol. The zero-order valence-corrected chi connectivity index (χ0v) is 13.4. The number of hydrogen-bond donors (Lipinski definition) is 1. The molecule has 2 aromatic carbocycles. The number of anilines is 1. The van der Waals surface area contributed by atoms with Crippen molar-refractivity contribution in [1.29, 1.82) is 0 Å². The molecule has 2 aromatic rings. The van der Waals surface area contributed by atoms with Crippen LogP contribution in [0.15, 0.2) is 54.6 Å². The van der Waals surface area contributed by atoms with E-state index in [4.69, 9.17) is 11.6 Å². The van der Waals surface area contributed by atoms with Crippen LogP contribution in [0.25, 0.3) is 0 Å². The van der Waals surface area contributed by atoms with E-state index >= 15 is 0 Å².